The van der Waals surface area contributed by atoms with E-state index >= 15 is 0 Å². The van der Waals surface area contributed by atoms with Crippen molar-refractivity contribution in [2.45, 2.75) is 31.6 Å². The summed E-state index contributed by atoms with van der Waals surface area (Å²) in [5.41, 5.74) is 0. The molecule has 1 fully saturated rings. The van der Waals surface area contributed by atoms with E-state index in [2.05, 4.69) is 19.1 Å². The first-order valence-corrected chi connectivity index (χ1v) is 5.71. The molecule has 0 spiro atoms. The van der Waals surface area contributed by atoms with E-state index in [-0.39, 0.29) is 5.38 Å². The molecule has 1 atom stereocenters. The molecule has 1 unspecified atom stereocenters. The van der Waals surface area contributed by atoms with Gasteiger partial charge in [-0.2, -0.15) is 0 Å². The number of aryl methyl sites for hydroxylation is 1. The van der Waals surface area contributed by atoms with Gasteiger partial charge in [0.15, 0.2) is 0 Å². The second kappa shape index (κ2) is 3.39. The molecule has 1 aliphatic rings. The molecule has 1 heterocycles. The Labute approximate surface area is 82.6 Å². The smallest absolute Gasteiger partial charge is 0.0681 e. The molecule has 0 aliphatic heterocycles. The van der Waals surface area contributed by atoms with Crippen LogP contribution in [0.3, 0.4) is 0 Å². The van der Waals surface area contributed by atoms with Crippen LogP contribution in [0, 0.1) is 12.8 Å². The molecule has 66 valence electrons. The number of rotatable bonds is 3. The fourth-order valence-electron chi connectivity index (χ4n) is 1.38. The van der Waals surface area contributed by atoms with E-state index in [1.54, 1.807) is 0 Å². The highest BCUT2D eigenvalue weighted by atomic mass is 35.5. The average molecular weight is 201 g/mol. The van der Waals surface area contributed by atoms with Crippen molar-refractivity contribution in [3.63, 3.8) is 0 Å². The lowest BCUT2D eigenvalue weighted by Crippen LogP contribution is -1.87. The predicted octanol–water partition coefficient (Wildman–Crippen LogP) is 4.14. The molecular weight excluding hydrogens is 188 g/mol. The number of halogens is 1. The lowest BCUT2D eigenvalue weighted by atomic mass is 10.2. The number of alkyl halides is 1. The highest BCUT2D eigenvalue weighted by Gasteiger charge is 2.25. The van der Waals surface area contributed by atoms with Gasteiger partial charge < -0.3 is 0 Å². The minimum absolute atomic E-state index is 0.274. The summed E-state index contributed by atoms with van der Waals surface area (Å²) in [5.74, 6) is 0.926. The third-order valence-electron chi connectivity index (χ3n) is 2.31. The van der Waals surface area contributed by atoms with Crippen molar-refractivity contribution in [3.05, 3.63) is 21.9 Å². The van der Waals surface area contributed by atoms with Gasteiger partial charge in [0.05, 0.1) is 5.38 Å². The van der Waals surface area contributed by atoms with Crippen molar-refractivity contribution in [3.8, 4) is 0 Å². The third kappa shape index (κ3) is 2.02. The molecule has 0 radical (unpaired) electrons. The first kappa shape index (κ1) is 8.58. The first-order valence-electron chi connectivity index (χ1n) is 4.46. The van der Waals surface area contributed by atoms with E-state index in [1.165, 1.54) is 29.0 Å². The van der Waals surface area contributed by atoms with Crippen LogP contribution < -0.4 is 0 Å². The highest BCUT2D eigenvalue weighted by molar-refractivity contribution is 7.12. The zero-order valence-electron chi connectivity index (χ0n) is 7.22. The van der Waals surface area contributed by atoms with Crippen molar-refractivity contribution in [2.75, 3.05) is 0 Å². The topological polar surface area (TPSA) is 0 Å². The summed E-state index contributed by atoms with van der Waals surface area (Å²) in [7, 11) is 0. The number of thiophene rings is 1. The normalized spacial score (nSPS) is 19.5. The van der Waals surface area contributed by atoms with Gasteiger partial charge in [0.25, 0.3) is 0 Å². The fourth-order valence-corrected chi connectivity index (χ4v) is 2.71. The van der Waals surface area contributed by atoms with Crippen molar-refractivity contribution in [2.24, 2.45) is 5.92 Å². The SMILES string of the molecule is Cc1ccc(C(Cl)CC2CC2)s1. The minimum atomic E-state index is 0.274. The Hall–Kier alpha value is -0.0100. The van der Waals surface area contributed by atoms with Gasteiger partial charge in [0.2, 0.25) is 0 Å². The molecule has 2 rings (SSSR count). The molecule has 1 aromatic heterocycles. The maximum absolute atomic E-state index is 6.26. The molecule has 2 heteroatoms. The summed E-state index contributed by atoms with van der Waals surface area (Å²) in [6.07, 6.45) is 3.97. The summed E-state index contributed by atoms with van der Waals surface area (Å²) in [4.78, 5) is 2.72. The average Bonchev–Trinajstić information content (AvgIpc) is 2.72. The van der Waals surface area contributed by atoms with Crippen LogP contribution in [0.1, 0.15) is 34.4 Å². The van der Waals surface area contributed by atoms with E-state index < -0.39 is 0 Å². The van der Waals surface area contributed by atoms with Gasteiger partial charge in [-0.05, 0) is 31.4 Å². The van der Waals surface area contributed by atoms with Crippen LogP contribution in [-0.4, -0.2) is 0 Å². The Morgan fingerprint density at radius 2 is 2.33 bits per heavy atom. The number of hydrogen-bond donors (Lipinski definition) is 0. The molecule has 0 saturated heterocycles. The van der Waals surface area contributed by atoms with Crippen molar-refractivity contribution >= 4 is 22.9 Å². The summed E-state index contributed by atoms with van der Waals surface area (Å²) < 4.78 is 0. The molecule has 0 amide bonds. The quantitative estimate of drug-likeness (QED) is 0.644. The third-order valence-corrected chi connectivity index (χ3v) is 3.96. The van der Waals surface area contributed by atoms with Crippen LogP contribution in [0.4, 0.5) is 0 Å². The summed E-state index contributed by atoms with van der Waals surface area (Å²) in [5, 5.41) is 0.274. The second-order valence-electron chi connectivity index (χ2n) is 3.60. The molecule has 0 bridgehead atoms. The Bertz CT molecular complexity index is 263. The lowest BCUT2D eigenvalue weighted by molar-refractivity contribution is 0.713. The Balaban J connectivity index is 1.97. The standard InChI is InChI=1S/C10H13ClS/c1-7-2-5-10(12-7)9(11)6-8-3-4-8/h2,5,8-9H,3-4,6H2,1H3. The van der Waals surface area contributed by atoms with Crippen LogP contribution in [-0.2, 0) is 0 Å². The molecule has 1 aromatic rings. The molecule has 12 heavy (non-hydrogen) atoms. The van der Waals surface area contributed by atoms with Crippen LogP contribution in [0.5, 0.6) is 0 Å². The maximum atomic E-state index is 6.26. The van der Waals surface area contributed by atoms with Crippen LogP contribution in [0.2, 0.25) is 0 Å². The zero-order valence-corrected chi connectivity index (χ0v) is 8.79. The summed E-state index contributed by atoms with van der Waals surface area (Å²) >= 11 is 8.10. The minimum Gasteiger partial charge on any atom is -0.144 e. The maximum Gasteiger partial charge on any atom is 0.0681 e. The van der Waals surface area contributed by atoms with Crippen LogP contribution in [0.15, 0.2) is 12.1 Å². The van der Waals surface area contributed by atoms with Crippen molar-refractivity contribution < 1.29 is 0 Å². The fraction of sp³-hybridized carbons (Fsp3) is 0.600. The molecule has 0 N–H and O–H groups in total. The van der Waals surface area contributed by atoms with Crippen LogP contribution >= 0.6 is 22.9 Å². The van der Waals surface area contributed by atoms with E-state index in [9.17, 15) is 0 Å². The van der Waals surface area contributed by atoms with E-state index in [4.69, 9.17) is 11.6 Å². The van der Waals surface area contributed by atoms with Gasteiger partial charge in [0.1, 0.15) is 0 Å². The molecular formula is C10H13ClS. The second-order valence-corrected chi connectivity index (χ2v) is 5.44. The van der Waals surface area contributed by atoms with Gasteiger partial charge in [-0.25, -0.2) is 0 Å². The predicted molar refractivity (Wildman–Crippen MR) is 55.0 cm³/mol. The van der Waals surface area contributed by atoms with Gasteiger partial charge >= 0.3 is 0 Å². The Morgan fingerprint density at radius 1 is 1.58 bits per heavy atom. The monoisotopic (exact) mass is 200 g/mol. The lowest BCUT2D eigenvalue weighted by Gasteiger charge is -2.04. The van der Waals surface area contributed by atoms with Gasteiger partial charge in [0, 0.05) is 9.75 Å². The highest BCUT2D eigenvalue weighted by Crippen LogP contribution is 2.41. The number of hydrogen-bond acceptors (Lipinski definition) is 1. The molecule has 0 aromatic carbocycles. The van der Waals surface area contributed by atoms with Gasteiger partial charge in [-0.1, -0.05) is 12.8 Å². The summed E-state index contributed by atoms with van der Waals surface area (Å²) in [6, 6.07) is 4.32. The Kier molecular flexibility index (Phi) is 2.42. The van der Waals surface area contributed by atoms with Gasteiger partial charge in [-0.3, -0.25) is 0 Å². The van der Waals surface area contributed by atoms with E-state index in [0.29, 0.717) is 0 Å². The molecule has 1 aliphatic carbocycles. The molecule has 0 nitrogen and oxygen atoms in total. The van der Waals surface area contributed by atoms with Crippen molar-refractivity contribution in [1.82, 2.24) is 0 Å². The summed E-state index contributed by atoms with van der Waals surface area (Å²) in [6.45, 7) is 2.13. The van der Waals surface area contributed by atoms with Crippen LogP contribution in [0.25, 0.3) is 0 Å². The molecule has 1 saturated carbocycles. The van der Waals surface area contributed by atoms with Gasteiger partial charge in [-0.15, -0.1) is 22.9 Å². The van der Waals surface area contributed by atoms with Crippen molar-refractivity contribution in [1.29, 1.82) is 0 Å². The Morgan fingerprint density at radius 3 is 2.83 bits per heavy atom. The van der Waals surface area contributed by atoms with E-state index in [0.717, 1.165) is 5.92 Å². The zero-order chi connectivity index (χ0) is 8.55. The first-order chi connectivity index (χ1) is 5.75. The largest absolute Gasteiger partial charge is 0.144 e. The van der Waals surface area contributed by atoms with E-state index in [1.807, 2.05) is 11.3 Å².